The predicted octanol–water partition coefficient (Wildman–Crippen LogP) is 4.59. The quantitative estimate of drug-likeness (QED) is 0.624. The molecule has 31 heavy (non-hydrogen) atoms. The Morgan fingerprint density at radius 2 is 1.61 bits per heavy atom. The van der Waals surface area contributed by atoms with Gasteiger partial charge in [-0.2, -0.15) is 0 Å². The summed E-state index contributed by atoms with van der Waals surface area (Å²) < 4.78 is 14.4. The first kappa shape index (κ1) is 20.1. The van der Waals surface area contributed by atoms with Gasteiger partial charge in [0.1, 0.15) is 11.4 Å². The van der Waals surface area contributed by atoms with E-state index < -0.39 is 5.54 Å². The van der Waals surface area contributed by atoms with Crippen LogP contribution in [-0.2, 0) is 18.5 Å². The Morgan fingerprint density at radius 1 is 0.903 bits per heavy atom. The SMILES string of the molecule is Cc1cc(F)cc(C2(N3CCN(Cc4ccccc4)CC3)Cc3ccccc3C2=O)c1. The fraction of sp³-hybridized carbons (Fsp3) is 0.296. The molecule has 3 nitrogen and oxygen atoms in total. The van der Waals surface area contributed by atoms with E-state index in [4.69, 9.17) is 0 Å². The van der Waals surface area contributed by atoms with Crippen molar-refractivity contribution in [3.63, 3.8) is 0 Å². The number of carbonyl (C=O) groups excluding carboxylic acids is 1. The molecule has 0 N–H and O–H groups in total. The van der Waals surface area contributed by atoms with Gasteiger partial charge in [-0.3, -0.25) is 14.6 Å². The van der Waals surface area contributed by atoms with Crippen LogP contribution in [0.5, 0.6) is 0 Å². The Kier molecular flexibility index (Phi) is 5.20. The van der Waals surface area contributed by atoms with Crippen molar-refractivity contribution in [1.29, 1.82) is 0 Å². The standard InChI is InChI=1S/C27H27FN2O/c1-20-15-23(17-24(28)16-20)27(18-22-9-5-6-10-25(22)26(27)31)30-13-11-29(12-14-30)19-21-7-3-2-4-8-21/h2-10,15-17H,11-14,18-19H2,1H3. The van der Waals surface area contributed by atoms with Crippen molar-refractivity contribution in [2.24, 2.45) is 0 Å². The van der Waals surface area contributed by atoms with Crippen LogP contribution in [0, 0.1) is 12.7 Å². The zero-order valence-electron chi connectivity index (χ0n) is 17.9. The van der Waals surface area contributed by atoms with Gasteiger partial charge >= 0.3 is 0 Å². The zero-order chi connectivity index (χ0) is 21.4. The fourth-order valence-electron chi connectivity index (χ4n) is 5.25. The van der Waals surface area contributed by atoms with Crippen LogP contribution in [0.4, 0.5) is 4.39 Å². The van der Waals surface area contributed by atoms with Crippen LogP contribution < -0.4 is 0 Å². The highest BCUT2D eigenvalue weighted by Gasteiger charge is 2.51. The van der Waals surface area contributed by atoms with Crippen LogP contribution in [0.15, 0.2) is 72.8 Å². The highest BCUT2D eigenvalue weighted by molar-refractivity contribution is 6.08. The van der Waals surface area contributed by atoms with Crippen molar-refractivity contribution < 1.29 is 9.18 Å². The molecule has 0 spiro atoms. The summed E-state index contributed by atoms with van der Waals surface area (Å²) in [4.78, 5) is 18.6. The molecule has 1 fully saturated rings. The molecule has 1 atom stereocenters. The lowest BCUT2D eigenvalue weighted by atomic mass is 9.82. The molecule has 0 saturated carbocycles. The molecule has 1 saturated heterocycles. The third kappa shape index (κ3) is 3.60. The molecule has 4 heteroatoms. The number of fused-ring (bicyclic) bond motifs is 1. The summed E-state index contributed by atoms with van der Waals surface area (Å²) >= 11 is 0. The zero-order valence-corrected chi connectivity index (χ0v) is 17.9. The number of hydrogen-bond donors (Lipinski definition) is 0. The predicted molar refractivity (Wildman–Crippen MR) is 121 cm³/mol. The van der Waals surface area contributed by atoms with Crippen molar-refractivity contribution in [3.05, 3.63) is 106 Å². The van der Waals surface area contributed by atoms with Gasteiger partial charge in [0.05, 0.1) is 0 Å². The van der Waals surface area contributed by atoms with Gasteiger partial charge in [0.15, 0.2) is 5.78 Å². The van der Waals surface area contributed by atoms with E-state index in [-0.39, 0.29) is 11.6 Å². The number of rotatable bonds is 4. The Morgan fingerprint density at radius 3 is 2.32 bits per heavy atom. The number of aryl methyl sites for hydroxylation is 1. The van der Waals surface area contributed by atoms with Gasteiger partial charge in [0, 0.05) is 44.7 Å². The van der Waals surface area contributed by atoms with Crippen molar-refractivity contribution in [2.45, 2.75) is 25.4 Å². The smallest absolute Gasteiger partial charge is 0.188 e. The number of nitrogens with zero attached hydrogens (tertiary/aromatic N) is 2. The van der Waals surface area contributed by atoms with E-state index in [2.05, 4.69) is 34.1 Å². The number of piperazine rings is 1. The average molecular weight is 415 g/mol. The summed E-state index contributed by atoms with van der Waals surface area (Å²) in [6, 6.07) is 23.4. The molecule has 1 heterocycles. The lowest BCUT2D eigenvalue weighted by Crippen LogP contribution is -2.58. The Balaban J connectivity index is 1.46. The van der Waals surface area contributed by atoms with Gasteiger partial charge < -0.3 is 0 Å². The number of halogens is 1. The fourth-order valence-corrected chi connectivity index (χ4v) is 5.25. The van der Waals surface area contributed by atoms with Crippen LogP contribution in [-0.4, -0.2) is 41.8 Å². The van der Waals surface area contributed by atoms with E-state index in [9.17, 15) is 9.18 Å². The minimum atomic E-state index is -0.824. The molecule has 1 aliphatic heterocycles. The maximum absolute atomic E-state index is 14.4. The van der Waals surface area contributed by atoms with Gasteiger partial charge in [-0.1, -0.05) is 60.7 Å². The molecule has 3 aromatic carbocycles. The maximum atomic E-state index is 14.4. The number of Topliss-reactive ketones (excluding diaryl/α,β-unsaturated/α-hetero) is 1. The second-order valence-corrected chi connectivity index (χ2v) is 8.79. The molecule has 158 valence electrons. The van der Waals surface area contributed by atoms with E-state index in [0.29, 0.717) is 6.42 Å². The Hall–Kier alpha value is -2.82. The topological polar surface area (TPSA) is 23.6 Å². The van der Waals surface area contributed by atoms with Crippen LogP contribution >= 0.6 is 0 Å². The van der Waals surface area contributed by atoms with E-state index in [1.54, 1.807) is 6.07 Å². The number of carbonyl (C=O) groups is 1. The summed E-state index contributed by atoms with van der Waals surface area (Å²) in [6.07, 6.45) is 0.601. The van der Waals surface area contributed by atoms with Crippen LogP contribution in [0.1, 0.15) is 32.6 Å². The highest BCUT2D eigenvalue weighted by atomic mass is 19.1. The first-order valence-corrected chi connectivity index (χ1v) is 11.0. The number of hydrogen-bond acceptors (Lipinski definition) is 3. The minimum Gasteiger partial charge on any atom is -0.297 e. The van der Waals surface area contributed by atoms with Gasteiger partial charge in [-0.25, -0.2) is 4.39 Å². The molecule has 1 unspecified atom stereocenters. The third-order valence-corrected chi connectivity index (χ3v) is 6.76. The average Bonchev–Trinajstić information content (AvgIpc) is 3.08. The minimum absolute atomic E-state index is 0.101. The van der Waals surface area contributed by atoms with Crippen LogP contribution in [0.25, 0.3) is 0 Å². The van der Waals surface area contributed by atoms with E-state index in [1.807, 2.05) is 43.3 Å². The van der Waals surface area contributed by atoms with Crippen molar-refractivity contribution in [1.82, 2.24) is 9.80 Å². The van der Waals surface area contributed by atoms with Gasteiger partial charge in [-0.05, 0) is 41.3 Å². The lowest BCUT2D eigenvalue weighted by Gasteiger charge is -2.45. The summed E-state index contributed by atoms with van der Waals surface area (Å²) in [5, 5.41) is 0. The molecule has 0 aromatic heterocycles. The first-order valence-electron chi connectivity index (χ1n) is 11.0. The molecule has 0 bridgehead atoms. The molecule has 1 aliphatic carbocycles. The summed E-state index contributed by atoms with van der Waals surface area (Å²) in [6.45, 7) is 6.13. The summed E-state index contributed by atoms with van der Waals surface area (Å²) in [5.74, 6) is -0.176. The van der Waals surface area contributed by atoms with E-state index in [0.717, 1.165) is 55.0 Å². The third-order valence-electron chi connectivity index (χ3n) is 6.76. The van der Waals surface area contributed by atoms with E-state index in [1.165, 1.54) is 11.6 Å². The molecule has 2 aliphatic rings. The maximum Gasteiger partial charge on any atom is 0.188 e. The van der Waals surface area contributed by atoms with Crippen molar-refractivity contribution in [3.8, 4) is 0 Å². The van der Waals surface area contributed by atoms with Gasteiger partial charge in [0.25, 0.3) is 0 Å². The Bertz CT molecular complexity index is 1080. The van der Waals surface area contributed by atoms with Crippen LogP contribution in [0.2, 0.25) is 0 Å². The Labute approximate surface area is 183 Å². The summed E-state index contributed by atoms with van der Waals surface area (Å²) in [5.41, 5.74) is 3.94. The highest BCUT2D eigenvalue weighted by Crippen LogP contribution is 2.43. The second kappa shape index (κ2) is 8.03. The largest absolute Gasteiger partial charge is 0.297 e. The molecular formula is C27H27FN2O. The monoisotopic (exact) mass is 414 g/mol. The van der Waals surface area contributed by atoms with Gasteiger partial charge in [0.2, 0.25) is 0 Å². The first-order chi connectivity index (χ1) is 15.1. The molecule has 0 radical (unpaired) electrons. The molecule has 0 amide bonds. The van der Waals surface area contributed by atoms with Crippen molar-refractivity contribution in [2.75, 3.05) is 26.2 Å². The number of ketones is 1. The van der Waals surface area contributed by atoms with Crippen molar-refractivity contribution >= 4 is 5.78 Å². The molecular weight excluding hydrogens is 387 g/mol. The second-order valence-electron chi connectivity index (χ2n) is 8.79. The molecule has 5 rings (SSSR count). The van der Waals surface area contributed by atoms with E-state index >= 15 is 0 Å². The van der Waals surface area contributed by atoms with Gasteiger partial charge in [-0.15, -0.1) is 0 Å². The molecule has 3 aromatic rings. The normalized spacial score (nSPS) is 21.9. The summed E-state index contributed by atoms with van der Waals surface area (Å²) in [7, 11) is 0. The number of benzene rings is 3. The lowest BCUT2D eigenvalue weighted by molar-refractivity contribution is 0.0287. The van der Waals surface area contributed by atoms with Crippen LogP contribution in [0.3, 0.4) is 0 Å².